The number of nitrogens with one attached hydrogen (secondary N) is 1. The van der Waals surface area contributed by atoms with Crippen molar-refractivity contribution in [2.24, 2.45) is 0 Å². The standard InChI is InChI=1S/C29H35ClN2O4/c1-4-6-7-8-15-31-28(34)23-13-9-11-21(16-23)19-32-20(3)27(29(35)36-5-2)25(18-26(32)33)22-12-10-14-24(30)17-22/h9-14,16-17,25H,4-8,15,18-19H2,1-3H3,(H,31,34). The van der Waals surface area contributed by atoms with Gasteiger partial charge in [0.1, 0.15) is 0 Å². The molecule has 1 unspecified atom stereocenters. The van der Waals surface area contributed by atoms with Crippen molar-refractivity contribution in [2.45, 2.75) is 65.3 Å². The number of allylic oxidation sites excluding steroid dienone is 1. The Morgan fingerprint density at radius 2 is 1.86 bits per heavy atom. The summed E-state index contributed by atoms with van der Waals surface area (Å²) in [6.07, 6.45) is 4.49. The Kier molecular flexibility index (Phi) is 10.1. The van der Waals surface area contributed by atoms with Crippen molar-refractivity contribution >= 4 is 29.4 Å². The van der Waals surface area contributed by atoms with Gasteiger partial charge in [-0.15, -0.1) is 0 Å². The molecule has 2 aromatic rings. The van der Waals surface area contributed by atoms with Crippen molar-refractivity contribution in [1.82, 2.24) is 10.2 Å². The topological polar surface area (TPSA) is 75.7 Å². The molecule has 0 fully saturated rings. The van der Waals surface area contributed by atoms with E-state index in [0.29, 0.717) is 28.4 Å². The molecular formula is C29H35ClN2O4. The van der Waals surface area contributed by atoms with E-state index in [0.717, 1.165) is 36.8 Å². The van der Waals surface area contributed by atoms with Gasteiger partial charge in [0.05, 0.1) is 18.7 Å². The number of rotatable bonds is 11. The quantitative estimate of drug-likeness (QED) is 0.297. The Morgan fingerprint density at radius 3 is 2.58 bits per heavy atom. The molecule has 1 atom stereocenters. The number of halogens is 1. The molecule has 3 rings (SSSR count). The highest BCUT2D eigenvalue weighted by Crippen LogP contribution is 2.38. The Balaban J connectivity index is 1.83. The zero-order valence-corrected chi connectivity index (χ0v) is 22.1. The fourth-order valence-corrected chi connectivity index (χ4v) is 4.73. The second-order valence-corrected chi connectivity index (χ2v) is 9.46. The number of nitrogens with zero attached hydrogens (tertiary/aromatic N) is 1. The molecule has 1 aliphatic rings. The summed E-state index contributed by atoms with van der Waals surface area (Å²) in [7, 11) is 0. The summed E-state index contributed by atoms with van der Waals surface area (Å²) in [5.74, 6) is -1.10. The van der Waals surface area contributed by atoms with E-state index in [-0.39, 0.29) is 31.4 Å². The molecule has 0 spiro atoms. The molecule has 2 aromatic carbocycles. The Hall–Kier alpha value is -3.12. The van der Waals surface area contributed by atoms with Crippen LogP contribution in [0.5, 0.6) is 0 Å². The predicted octanol–water partition coefficient (Wildman–Crippen LogP) is 6.00. The van der Waals surface area contributed by atoms with E-state index >= 15 is 0 Å². The van der Waals surface area contributed by atoms with E-state index in [4.69, 9.17) is 16.3 Å². The predicted molar refractivity (Wildman–Crippen MR) is 142 cm³/mol. The average Bonchev–Trinajstić information content (AvgIpc) is 2.86. The first kappa shape index (κ1) is 27.5. The highest BCUT2D eigenvalue weighted by molar-refractivity contribution is 6.30. The van der Waals surface area contributed by atoms with E-state index in [1.807, 2.05) is 24.3 Å². The number of carbonyl (C=O) groups is 3. The number of unbranched alkanes of at least 4 members (excludes halogenated alkanes) is 3. The smallest absolute Gasteiger partial charge is 0.336 e. The van der Waals surface area contributed by atoms with Gasteiger partial charge in [-0.05, 0) is 55.7 Å². The van der Waals surface area contributed by atoms with Gasteiger partial charge in [0.15, 0.2) is 0 Å². The Labute approximate surface area is 218 Å². The van der Waals surface area contributed by atoms with Crippen LogP contribution in [0.2, 0.25) is 5.02 Å². The summed E-state index contributed by atoms with van der Waals surface area (Å²) < 4.78 is 5.36. The lowest BCUT2D eigenvalue weighted by Gasteiger charge is -2.34. The van der Waals surface area contributed by atoms with Crippen LogP contribution in [-0.2, 0) is 20.9 Å². The molecule has 7 heteroatoms. The summed E-state index contributed by atoms with van der Waals surface area (Å²) in [6.45, 7) is 6.82. The first-order valence-corrected chi connectivity index (χ1v) is 13.0. The highest BCUT2D eigenvalue weighted by atomic mass is 35.5. The molecule has 0 radical (unpaired) electrons. The normalized spacial score (nSPS) is 15.7. The maximum Gasteiger partial charge on any atom is 0.336 e. The van der Waals surface area contributed by atoms with Crippen LogP contribution in [0.1, 0.15) is 80.3 Å². The fraction of sp³-hybridized carbons (Fsp3) is 0.414. The van der Waals surface area contributed by atoms with Crippen molar-refractivity contribution in [1.29, 1.82) is 0 Å². The van der Waals surface area contributed by atoms with Crippen LogP contribution >= 0.6 is 11.6 Å². The molecule has 2 amide bonds. The first-order valence-electron chi connectivity index (χ1n) is 12.7. The van der Waals surface area contributed by atoms with E-state index in [9.17, 15) is 14.4 Å². The number of hydrogen-bond donors (Lipinski definition) is 1. The molecule has 0 saturated carbocycles. The maximum absolute atomic E-state index is 13.3. The van der Waals surface area contributed by atoms with E-state index < -0.39 is 11.9 Å². The number of esters is 1. The van der Waals surface area contributed by atoms with Crippen LogP contribution in [0.4, 0.5) is 0 Å². The van der Waals surface area contributed by atoms with Crippen LogP contribution in [0.15, 0.2) is 59.8 Å². The van der Waals surface area contributed by atoms with E-state index in [1.165, 1.54) is 0 Å². The number of hydrogen-bond acceptors (Lipinski definition) is 4. The monoisotopic (exact) mass is 510 g/mol. The second-order valence-electron chi connectivity index (χ2n) is 9.03. The molecule has 0 bridgehead atoms. The summed E-state index contributed by atoms with van der Waals surface area (Å²) in [6, 6.07) is 14.5. The SMILES string of the molecule is CCCCCCNC(=O)c1cccc(CN2C(=O)CC(c3cccc(Cl)c3)C(C(=O)OCC)=C2C)c1. The number of benzene rings is 2. The van der Waals surface area contributed by atoms with Gasteiger partial charge in [-0.25, -0.2) is 4.79 Å². The van der Waals surface area contributed by atoms with E-state index in [2.05, 4.69) is 12.2 Å². The molecule has 0 aromatic heterocycles. The average molecular weight is 511 g/mol. The van der Waals surface area contributed by atoms with Gasteiger partial charge in [-0.1, -0.05) is 62.1 Å². The molecule has 192 valence electrons. The van der Waals surface area contributed by atoms with Crippen molar-refractivity contribution < 1.29 is 19.1 Å². The third kappa shape index (κ3) is 6.97. The van der Waals surface area contributed by atoms with Crippen molar-refractivity contribution in [3.63, 3.8) is 0 Å². The lowest BCUT2D eigenvalue weighted by Crippen LogP contribution is -2.38. The van der Waals surface area contributed by atoms with Gasteiger partial charge < -0.3 is 15.0 Å². The second kappa shape index (κ2) is 13.3. The lowest BCUT2D eigenvalue weighted by atomic mass is 9.83. The minimum Gasteiger partial charge on any atom is -0.463 e. The summed E-state index contributed by atoms with van der Waals surface area (Å²) in [4.78, 5) is 40.5. The Bertz CT molecular complexity index is 1130. The van der Waals surface area contributed by atoms with Crippen molar-refractivity contribution in [3.8, 4) is 0 Å². The zero-order chi connectivity index (χ0) is 26.1. The zero-order valence-electron chi connectivity index (χ0n) is 21.3. The van der Waals surface area contributed by atoms with Crippen LogP contribution < -0.4 is 5.32 Å². The van der Waals surface area contributed by atoms with Crippen LogP contribution in [0, 0.1) is 0 Å². The Morgan fingerprint density at radius 1 is 1.08 bits per heavy atom. The maximum atomic E-state index is 13.3. The van der Waals surface area contributed by atoms with Gasteiger partial charge in [0, 0.05) is 35.2 Å². The van der Waals surface area contributed by atoms with Gasteiger partial charge in [-0.2, -0.15) is 0 Å². The number of amides is 2. The third-order valence-electron chi connectivity index (χ3n) is 6.42. The van der Waals surface area contributed by atoms with Crippen molar-refractivity contribution in [3.05, 3.63) is 81.5 Å². The summed E-state index contributed by atoms with van der Waals surface area (Å²) in [5.41, 5.74) is 3.18. The van der Waals surface area contributed by atoms with E-state index in [1.54, 1.807) is 43.0 Å². The molecule has 0 saturated heterocycles. The minimum atomic E-state index is -0.436. The largest absolute Gasteiger partial charge is 0.463 e. The first-order chi connectivity index (χ1) is 17.3. The number of ether oxygens (including phenoxy) is 1. The van der Waals surface area contributed by atoms with Crippen LogP contribution in [-0.4, -0.2) is 35.8 Å². The molecular weight excluding hydrogens is 476 g/mol. The van der Waals surface area contributed by atoms with Gasteiger partial charge in [0.2, 0.25) is 5.91 Å². The van der Waals surface area contributed by atoms with Gasteiger partial charge in [-0.3, -0.25) is 9.59 Å². The molecule has 36 heavy (non-hydrogen) atoms. The molecule has 6 nitrogen and oxygen atoms in total. The summed E-state index contributed by atoms with van der Waals surface area (Å²) in [5, 5.41) is 3.52. The van der Waals surface area contributed by atoms with Crippen LogP contribution in [0.3, 0.4) is 0 Å². The molecule has 1 aliphatic heterocycles. The molecule has 1 N–H and O–H groups in total. The highest BCUT2D eigenvalue weighted by Gasteiger charge is 2.37. The van der Waals surface area contributed by atoms with Gasteiger partial charge >= 0.3 is 5.97 Å². The van der Waals surface area contributed by atoms with Crippen LogP contribution in [0.25, 0.3) is 0 Å². The molecule has 1 heterocycles. The van der Waals surface area contributed by atoms with Gasteiger partial charge in [0.25, 0.3) is 5.91 Å². The van der Waals surface area contributed by atoms with Crippen molar-refractivity contribution in [2.75, 3.05) is 13.2 Å². The summed E-state index contributed by atoms with van der Waals surface area (Å²) >= 11 is 6.20. The molecule has 0 aliphatic carbocycles. The minimum absolute atomic E-state index is 0.101. The third-order valence-corrected chi connectivity index (χ3v) is 6.65. The fourth-order valence-electron chi connectivity index (χ4n) is 4.53. The number of carbonyl (C=O) groups excluding carboxylic acids is 3. The lowest BCUT2D eigenvalue weighted by molar-refractivity contribution is -0.140.